The first-order valence-corrected chi connectivity index (χ1v) is 8.95. The van der Waals surface area contributed by atoms with Crippen LogP contribution in [0.5, 0.6) is 0 Å². The maximum atomic E-state index is 12.4. The Morgan fingerprint density at radius 2 is 1.20 bits per heavy atom. The standard InChI is InChI=1S/C20H22O10/c1-20(2,3)28-19(27)11-7-5-9-13(15(11)18(25)26)30-29-12-8-4-6-10(16(21)22)14(12)17(23)24/h4-11,14-15H,1-3H3,(H,21,22)(H,23,24)(H,25,26). The SMILES string of the molecule is CC(C)(C)OC(=O)C1C=CC=C(OOC2=CC=CC(C(=O)O)C2C(=O)O)C1C(=O)O. The molecular formula is C20H22O10. The van der Waals surface area contributed by atoms with Gasteiger partial charge in [0.1, 0.15) is 17.4 Å². The molecule has 4 atom stereocenters. The summed E-state index contributed by atoms with van der Waals surface area (Å²) in [5.41, 5.74) is -0.841. The molecule has 162 valence electrons. The van der Waals surface area contributed by atoms with Gasteiger partial charge in [-0.05, 0) is 32.9 Å². The molecule has 0 spiro atoms. The number of hydrogen-bond donors (Lipinski definition) is 3. The zero-order valence-electron chi connectivity index (χ0n) is 16.5. The minimum absolute atomic E-state index is 0.271. The Labute approximate surface area is 171 Å². The first-order chi connectivity index (χ1) is 13.9. The molecule has 0 heterocycles. The van der Waals surface area contributed by atoms with E-state index in [1.165, 1.54) is 36.5 Å². The van der Waals surface area contributed by atoms with Crippen LogP contribution in [0.15, 0.2) is 48.0 Å². The molecule has 2 aliphatic rings. The van der Waals surface area contributed by atoms with Crippen LogP contribution in [-0.2, 0) is 33.7 Å². The van der Waals surface area contributed by atoms with Gasteiger partial charge in [-0.15, -0.1) is 0 Å². The van der Waals surface area contributed by atoms with E-state index in [2.05, 4.69) is 0 Å². The Hall–Kier alpha value is -3.56. The number of allylic oxidation sites excluding steroid dienone is 4. The minimum atomic E-state index is -1.57. The molecule has 0 amide bonds. The zero-order chi connectivity index (χ0) is 22.6. The molecule has 0 aromatic rings. The van der Waals surface area contributed by atoms with Crippen LogP contribution >= 0.6 is 0 Å². The first kappa shape index (κ1) is 22.7. The maximum Gasteiger partial charge on any atom is 0.315 e. The summed E-state index contributed by atoms with van der Waals surface area (Å²) >= 11 is 0. The molecule has 0 bridgehead atoms. The van der Waals surface area contributed by atoms with Crippen LogP contribution < -0.4 is 0 Å². The van der Waals surface area contributed by atoms with Crippen LogP contribution in [0.1, 0.15) is 20.8 Å². The Kier molecular flexibility index (Phi) is 6.70. The van der Waals surface area contributed by atoms with Gasteiger partial charge in [0.2, 0.25) is 0 Å². The van der Waals surface area contributed by atoms with Crippen molar-refractivity contribution >= 4 is 23.9 Å². The summed E-state index contributed by atoms with van der Waals surface area (Å²) in [7, 11) is 0. The van der Waals surface area contributed by atoms with Gasteiger partial charge in [-0.2, -0.15) is 0 Å². The molecule has 2 rings (SSSR count). The number of carboxylic acid groups (broad SMARTS) is 3. The third-order valence-corrected chi connectivity index (χ3v) is 4.22. The summed E-state index contributed by atoms with van der Waals surface area (Å²) in [6.07, 6.45) is 7.68. The number of ether oxygens (including phenoxy) is 1. The van der Waals surface area contributed by atoms with Crippen molar-refractivity contribution < 1.29 is 49.0 Å². The minimum Gasteiger partial charge on any atom is -0.481 e. The van der Waals surface area contributed by atoms with E-state index in [0.717, 1.165) is 0 Å². The number of carboxylic acids is 3. The quantitative estimate of drug-likeness (QED) is 0.314. The van der Waals surface area contributed by atoms with Gasteiger partial charge in [0, 0.05) is 0 Å². The molecule has 0 fully saturated rings. The largest absolute Gasteiger partial charge is 0.481 e. The van der Waals surface area contributed by atoms with Crippen molar-refractivity contribution in [1.29, 1.82) is 0 Å². The average molecular weight is 422 g/mol. The Morgan fingerprint density at radius 1 is 0.767 bits per heavy atom. The Morgan fingerprint density at radius 3 is 1.60 bits per heavy atom. The van der Waals surface area contributed by atoms with Gasteiger partial charge in [-0.25, -0.2) is 0 Å². The smallest absolute Gasteiger partial charge is 0.315 e. The second kappa shape index (κ2) is 8.85. The van der Waals surface area contributed by atoms with Crippen LogP contribution in [0.25, 0.3) is 0 Å². The normalized spacial score (nSPS) is 25.6. The highest BCUT2D eigenvalue weighted by Crippen LogP contribution is 2.33. The van der Waals surface area contributed by atoms with Crippen LogP contribution in [-0.4, -0.2) is 44.8 Å². The Bertz CT molecular complexity index is 855. The molecule has 2 aliphatic carbocycles. The molecule has 0 aromatic carbocycles. The molecule has 3 N–H and O–H groups in total. The average Bonchev–Trinajstić information content (AvgIpc) is 2.63. The van der Waals surface area contributed by atoms with Gasteiger partial charge < -0.3 is 20.1 Å². The van der Waals surface area contributed by atoms with Crippen molar-refractivity contribution in [3.8, 4) is 0 Å². The molecule has 0 aromatic heterocycles. The third kappa shape index (κ3) is 5.28. The van der Waals surface area contributed by atoms with E-state index in [-0.39, 0.29) is 11.5 Å². The Balaban J connectivity index is 2.20. The number of esters is 1. The first-order valence-electron chi connectivity index (χ1n) is 8.95. The summed E-state index contributed by atoms with van der Waals surface area (Å²) < 4.78 is 5.25. The highest BCUT2D eigenvalue weighted by molar-refractivity contribution is 5.86. The fourth-order valence-electron chi connectivity index (χ4n) is 2.94. The summed E-state index contributed by atoms with van der Waals surface area (Å²) in [5.74, 6) is -11.3. The fourth-order valence-corrected chi connectivity index (χ4v) is 2.94. The number of aliphatic carboxylic acids is 3. The van der Waals surface area contributed by atoms with Gasteiger partial charge in [-0.1, -0.05) is 24.3 Å². The molecule has 4 unspecified atom stereocenters. The summed E-state index contributed by atoms with van der Waals surface area (Å²) in [6.45, 7) is 4.91. The lowest BCUT2D eigenvalue weighted by atomic mass is 9.86. The molecule has 10 heteroatoms. The van der Waals surface area contributed by atoms with Crippen molar-refractivity contribution in [3.05, 3.63) is 48.0 Å². The molecular weight excluding hydrogens is 400 g/mol. The van der Waals surface area contributed by atoms with E-state index in [9.17, 15) is 34.5 Å². The molecule has 0 saturated heterocycles. The number of hydrogen-bond acceptors (Lipinski definition) is 7. The number of carbonyl (C=O) groups is 4. The van der Waals surface area contributed by atoms with Gasteiger partial charge in [0.25, 0.3) is 0 Å². The van der Waals surface area contributed by atoms with E-state index < -0.39 is 53.1 Å². The molecule has 10 nitrogen and oxygen atoms in total. The summed E-state index contributed by atoms with van der Waals surface area (Å²) in [4.78, 5) is 57.2. The van der Waals surface area contributed by atoms with E-state index in [4.69, 9.17) is 14.5 Å². The van der Waals surface area contributed by atoms with Crippen LogP contribution in [0, 0.1) is 23.7 Å². The zero-order valence-corrected chi connectivity index (χ0v) is 16.5. The number of rotatable bonds is 7. The van der Waals surface area contributed by atoms with Crippen LogP contribution in [0.2, 0.25) is 0 Å². The second-order valence-corrected chi connectivity index (χ2v) is 7.63. The second-order valence-electron chi connectivity index (χ2n) is 7.63. The molecule has 30 heavy (non-hydrogen) atoms. The number of carbonyl (C=O) groups excluding carboxylic acids is 1. The monoisotopic (exact) mass is 422 g/mol. The van der Waals surface area contributed by atoms with E-state index in [1.54, 1.807) is 20.8 Å². The van der Waals surface area contributed by atoms with Crippen molar-refractivity contribution in [2.75, 3.05) is 0 Å². The van der Waals surface area contributed by atoms with Crippen LogP contribution in [0.3, 0.4) is 0 Å². The summed E-state index contributed by atoms with van der Waals surface area (Å²) in [6, 6.07) is 0. The highest BCUT2D eigenvalue weighted by atomic mass is 17.2. The predicted octanol–water partition coefficient (Wildman–Crippen LogP) is 1.90. The van der Waals surface area contributed by atoms with Gasteiger partial charge >= 0.3 is 23.9 Å². The van der Waals surface area contributed by atoms with E-state index in [1.807, 2.05) is 0 Å². The highest BCUT2D eigenvalue weighted by Gasteiger charge is 2.42. The lowest BCUT2D eigenvalue weighted by Crippen LogP contribution is -2.37. The third-order valence-electron chi connectivity index (χ3n) is 4.22. The van der Waals surface area contributed by atoms with Gasteiger partial charge in [0.05, 0.1) is 11.8 Å². The molecule has 0 saturated carbocycles. The van der Waals surface area contributed by atoms with Gasteiger partial charge in [0.15, 0.2) is 11.5 Å². The lowest BCUT2D eigenvalue weighted by Gasteiger charge is -2.28. The van der Waals surface area contributed by atoms with Crippen molar-refractivity contribution in [2.24, 2.45) is 23.7 Å². The van der Waals surface area contributed by atoms with Crippen molar-refractivity contribution in [2.45, 2.75) is 26.4 Å². The van der Waals surface area contributed by atoms with Crippen LogP contribution in [0.4, 0.5) is 0 Å². The topological polar surface area (TPSA) is 157 Å². The van der Waals surface area contributed by atoms with Gasteiger partial charge in [-0.3, -0.25) is 29.0 Å². The summed E-state index contributed by atoms with van der Waals surface area (Å²) in [5, 5.41) is 28.2. The van der Waals surface area contributed by atoms with Crippen molar-refractivity contribution in [3.63, 3.8) is 0 Å². The fraction of sp³-hybridized carbons (Fsp3) is 0.400. The lowest BCUT2D eigenvalue weighted by molar-refractivity contribution is -0.245. The van der Waals surface area contributed by atoms with E-state index >= 15 is 0 Å². The van der Waals surface area contributed by atoms with Crippen molar-refractivity contribution in [1.82, 2.24) is 0 Å². The predicted molar refractivity (Wildman–Crippen MR) is 99.3 cm³/mol. The molecule has 0 radical (unpaired) electrons. The maximum absolute atomic E-state index is 12.4. The van der Waals surface area contributed by atoms with E-state index in [0.29, 0.717) is 0 Å². The molecule has 0 aliphatic heterocycles.